The first kappa shape index (κ1) is 12.5. The molecule has 0 bridgehead atoms. The van der Waals surface area contributed by atoms with E-state index in [2.05, 4.69) is 9.59 Å². The maximum Gasteiger partial charge on any atom is 0.271 e. The van der Waals surface area contributed by atoms with E-state index in [0.29, 0.717) is 22.7 Å². The third-order valence-corrected chi connectivity index (χ3v) is 3.36. The summed E-state index contributed by atoms with van der Waals surface area (Å²) in [6.45, 7) is 1.93. The van der Waals surface area contributed by atoms with E-state index in [-0.39, 0.29) is 11.7 Å². The second-order valence-corrected chi connectivity index (χ2v) is 4.54. The van der Waals surface area contributed by atoms with Gasteiger partial charge >= 0.3 is 0 Å². The van der Waals surface area contributed by atoms with Crippen molar-refractivity contribution >= 4 is 23.1 Å². The van der Waals surface area contributed by atoms with Crippen molar-refractivity contribution in [3.05, 3.63) is 34.8 Å². The largest absolute Gasteiger partial charge is 0.508 e. The van der Waals surface area contributed by atoms with Crippen LogP contribution in [0.3, 0.4) is 0 Å². The Kier molecular flexibility index (Phi) is 3.57. The maximum atomic E-state index is 12.3. The Morgan fingerprint density at radius 1 is 1.50 bits per heavy atom. The van der Waals surface area contributed by atoms with Crippen LogP contribution in [0.4, 0.5) is 5.69 Å². The van der Waals surface area contributed by atoms with Crippen molar-refractivity contribution in [2.75, 3.05) is 11.9 Å². The van der Waals surface area contributed by atoms with Gasteiger partial charge in [0.1, 0.15) is 10.6 Å². The molecule has 0 radical (unpaired) electrons. The quantitative estimate of drug-likeness (QED) is 0.920. The molecule has 0 unspecified atom stereocenters. The average Bonchev–Trinajstić information content (AvgIpc) is 2.85. The van der Waals surface area contributed by atoms with E-state index in [1.165, 1.54) is 11.0 Å². The number of aromatic nitrogens is 2. The molecule has 0 aliphatic rings. The third kappa shape index (κ3) is 2.33. The van der Waals surface area contributed by atoms with Crippen LogP contribution in [0.25, 0.3) is 0 Å². The molecule has 0 spiro atoms. The highest BCUT2D eigenvalue weighted by atomic mass is 32.1. The average molecular weight is 263 g/mol. The normalized spacial score (nSPS) is 10.3. The molecule has 0 fully saturated rings. The fourth-order valence-electron chi connectivity index (χ4n) is 1.57. The zero-order valence-corrected chi connectivity index (χ0v) is 10.9. The van der Waals surface area contributed by atoms with E-state index < -0.39 is 0 Å². The number of benzene rings is 1. The number of carbonyl (C=O) groups is 1. The molecular weight excluding hydrogens is 250 g/mol. The van der Waals surface area contributed by atoms with Gasteiger partial charge in [0, 0.05) is 18.8 Å². The van der Waals surface area contributed by atoms with Crippen LogP contribution in [-0.4, -0.2) is 27.6 Å². The van der Waals surface area contributed by atoms with E-state index >= 15 is 0 Å². The smallest absolute Gasteiger partial charge is 0.271 e. The summed E-state index contributed by atoms with van der Waals surface area (Å²) in [7, 11) is 1.66. The minimum absolute atomic E-state index is 0.130. The number of phenolic OH excluding ortho intramolecular Hbond substituents is 1. The van der Waals surface area contributed by atoms with Crippen molar-refractivity contribution in [3.63, 3.8) is 0 Å². The van der Waals surface area contributed by atoms with Gasteiger partial charge in [0.15, 0.2) is 0 Å². The van der Waals surface area contributed by atoms with Crippen molar-refractivity contribution in [1.29, 1.82) is 0 Å². The second-order valence-electron chi connectivity index (χ2n) is 3.79. The zero-order chi connectivity index (χ0) is 13.1. The molecule has 0 saturated carbocycles. The molecule has 1 heterocycles. The zero-order valence-electron chi connectivity index (χ0n) is 10.1. The summed E-state index contributed by atoms with van der Waals surface area (Å²) in [5.74, 6) is -0.0299. The SMILES string of the molecule is CCc1nnsc1C(=O)N(C)c1cccc(O)c1. The Morgan fingerprint density at radius 3 is 2.94 bits per heavy atom. The first-order chi connectivity index (χ1) is 8.63. The predicted octanol–water partition coefficient (Wildman–Crippen LogP) is 2.08. The lowest BCUT2D eigenvalue weighted by Gasteiger charge is -2.16. The van der Waals surface area contributed by atoms with Gasteiger partial charge in [-0.15, -0.1) is 5.10 Å². The number of carbonyl (C=O) groups excluding carboxylic acids is 1. The molecule has 6 heteroatoms. The van der Waals surface area contributed by atoms with E-state index in [4.69, 9.17) is 0 Å². The van der Waals surface area contributed by atoms with Crippen LogP contribution >= 0.6 is 11.5 Å². The molecule has 94 valence electrons. The monoisotopic (exact) mass is 263 g/mol. The van der Waals surface area contributed by atoms with Crippen molar-refractivity contribution in [3.8, 4) is 5.75 Å². The van der Waals surface area contributed by atoms with Crippen LogP contribution in [0.2, 0.25) is 0 Å². The molecule has 0 aliphatic carbocycles. The Bertz CT molecular complexity index is 568. The summed E-state index contributed by atoms with van der Waals surface area (Å²) in [4.78, 5) is 14.3. The van der Waals surface area contributed by atoms with Crippen molar-refractivity contribution in [2.24, 2.45) is 0 Å². The fraction of sp³-hybridized carbons (Fsp3) is 0.250. The van der Waals surface area contributed by atoms with Crippen LogP contribution < -0.4 is 4.90 Å². The highest BCUT2D eigenvalue weighted by Crippen LogP contribution is 2.22. The number of nitrogens with zero attached hydrogens (tertiary/aromatic N) is 3. The molecule has 0 saturated heterocycles. The molecule has 18 heavy (non-hydrogen) atoms. The minimum Gasteiger partial charge on any atom is -0.508 e. The van der Waals surface area contributed by atoms with Crippen molar-refractivity contribution in [1.82, 2.24) is 9.59 Å². The first-order valence-electron chi connectivity index (χ1n) is 5.51. The number of aromatic hydroxyl groups is 1. The fourth-order valence-corrected chi connectivity index (χ4v) is 2.30. The van der Waals surface area contributed by atoms with Gasteiger partial charge in [0.05, 0.1) is 5.69 Å². The predicted molar refractivity (Wildman–Crippen MR) is 70.1 cm³/mol. The standard InChI is InChI=1S/C12H13N3O2S/c1-3-10-11(18-14-13-10)12(17)15(2)8-5-4-6-9(16)7-8/h4-7,16H,3H2,1-2H3. The highest BCUT2D eigenvalue weighted by Gasteiger charge is 2.20. The van der Waals surface area contributed by atoms with Crippen LogP contribution in [0.15, 0.2) is 24.3 Å². The number of aryl methyl sites for hydroxylation is 1. The molecule has 5 nitrogen and oxygen atoms in total. The molecule has 1 amide bonds. The van der Waals surface area contributed by atoms with E-state index in [1.54, 1.807) is 25.2 Å². The van der Waals surface area contributed by atoms with Crippen LogP contribution in [0, 0.1) is 0 Å². The second kappa shape index (κ2) is 5.14. The summed E-state index contributed by atoms with van der Waals surface area (Å²) in [6, 6.07) is 6.56. The number of phenols is 1. The topological polar surface area (TPSA) is 66.3 Å². The van der Waals surface area contributed by atoms with Gasteiger partial charge in [0.2, 0.25) is 0 Å². The molecule has 0 aliphatic heterocycles. The maximum absolute atomic E-state index is 12.3. The van der Waals surface area contributed by atoms with Crippen molar-refractivity contribution in [2.45, 2.75) is 13.3 Å². The first-order valence-corrected chi connectivity index (χ1v) is 6.29. The number of hydrogen-bond acceptors (Lipinski definition) is 5. The van der Waals surface area contributed by atoms with E-state index in [1.807, 2.05) is 6.92 Å². The summed E-state index contributed by atoms with van der Waals surface area (Å²) in [6.07, 6.45) is 0.672. The van der Waals surface area contributed by atoms with Gasteiger partial charge < -0.3 is 10.0 Å². The Labute approximate surface area is 109 Å². The molecule has 2 rings (SSSR count). The van der Waals surface area contributed by atoms with E-state index in [9.17, 15) is 9.90 Å². The Morgan fingerprint density at radius 2 is 2.28 bits per heavy atom. The Hall–Kier alpha value is -1.95. The van der Waals surface area contributed by atoms with Gasteiger partial charge in [-0.05, 0) is 30.1 Å². The number of amides is 1. The lowest BCUT2D eigenvalue weighted by atomic mass is 10.2. The van der Waals surface area contributed by atoms with Gasteiger partial charge in [-0.2, -0.15) is 0 Å². The van der Waals surface area contributed by atoms with E-state index in [0.717, 1.165) is 11.5 Å². The molecule has 2 aromatic rings. The van der Waals surface area contributed by atoms with Crippen LogP contribution in [-0.2, 0) is 6.42 Å². The van der Waals surface area contributed by atoms with Crippen molar-refractivity contribution < 1.29 is 9.90 Å². The van der Waals surface area contributed by atoms with Gasteiger partial charge in [-0.1, -0.05) is 17.5 Å². The highest BCUT2D eigenvalue weighted by molar-refractivity contribution is 7.08. The molecule has 0 atom stereocenters. The minimum atomic E-state index is -0.160. The van der Waals surface area contributed by atoms with Gasteiger partial charge in [-0.3, -0.25) is 4.79 Å². The number of anilines is 1. The number of rotatable bonds is 3. The summed E-state index contributed by atoms with van der Waals surface area (Å²) >= 11 is 1.09. The number of hydrogen-bond donors (Lipinski definition) is 1. The lowest BCUT2D eigenvalue weighted by molar-refractivity contribution is 0.0996. The molecule has 1 aromatic carbocycles. The van der Waals surface area contributed by atoms with Crippen LogP contribution in [0.1, 0.15) is 22.3 Å². The summed E-state index contributed by atoms with van der Waals surface area (Å²) in [5, 5.41) is 13.3. The Balaban J connectivity index is 2.29. The molecule has 1 aromatic heterocycles. The molecular formula is C12H13N3O2S. The van der Waals surface area contributed by atoms with Gasteiger partial charge in [-0.25, -0.2) is 0 Å². The molecule has 1 N–H and O–H groups in total. The van der Waals surface area contributed by atoms with Gasteiger partial charge in [0.25, 0.3) is 5.91 Å². The van der Waals surface area contributed by atoms with Crippen LogP contribution in [0.5, 0.6) is 5.75 Å². The lowest BCUT2D eigenvalue weighted by Crippen LogP contribution is -2.26. The summed E-state index contributed by atoms with van der Waals surface area (Å²) < 4.78 is 3.80. The summed E-state index contributed by atoms with van der Waals surface area (Å²) in [5.41, 5.74) is 1.34. The third-order valence-electron chi connectivity index (χ3n) is 2.61.